The van der Waals surface area contributed by atoms with Gasteiger partial charge in [-0.1, -0.05) is 35.0 Å². The molecule has 1 atom stereocenters. The third kappa shape index (κ3) is 6.55. The molecule has 1 aromatic rings. The minimum absolute atomic E-state index is 0.0275. The fraction of sp³-hybridized carbons (Fsp3) is 0.500. The van der Waals surface area contributed by atoms with Crippen LogP contribution >= 0.6 is 15.9 Å². The molecule has 0 aliphatic carbocycles. The molecule has 0 aromatic heterocycles. The summed E-state index contributed by atoms with van der Waals surface area (Å²) in [7, 11) is 1.71. The molecule has 4 heteroatoms. The highest BCUT2D eigenvalue weighted by Gasteiger charge is 2.19. The number of methoxy groups -OCH3 is 1. The minimum Gasteiger partial charge on any atom is -0.494 e. The van der Waals surface area contributed by atoms with Gasteiger partial charge in [-0.2, -0.15) is 0 Å². The van der Waals surface area contributed by atoms with Gasteiger partial charge in [-0.15, -0.1) is 6.58 Å². The first-order chi connectivity index (χ1) is 9.59. The zero-order valence-electron chi connectivity index (χ0n) is 12.3. The fourth-order valence-corrected chi connectivity index (χ4v) is 2.15. The summed E-state index contributed by atoms with van der Waals surface area (Å²) in [6.45, 7) is 9.25. The third-order valence-corrected chi connectivity index (χ3v) is 3.74. The molecule has 0 heterocycles. The lowest BCUT2D eigenvalue weighted by Crippen LogP contribution is -2.33. The average molecular weight is 342 g/mol. The van der Waals surface area contributed by atoms with E-state index in [2.05, 4.69) is 34.7 Å². The Hall–Kier alpha value is -0.840. The second kappa shape index (κ2) is 9.16. The van der Waals surface area contributed by atoms with Crippen molar-refractivity contribution in [2.24, 2.45) is 5.41 Å². The molecule has 0 bridgehead atoms. The van der Waals surface area contributed by atoms with Crippen LogP contribution in [-0.2, 0) is 4.74 Å². The van der Waals surface area contributed by atoms with Gasteiger partial charge in [-0.3, -0.25) is 0 Å². The predicted octanol–water partition coefficient (Wildman–Crippen LogP) is 3.65. The van der Waals surface area contributed by atoms with E-state index < -0.39 is 0 Å². The van der Waals surface area contributed by atoms with Crippen molar-refractivity contribution in [3.63, 3.8) is 0 Å². The lowest BCUT2D eigenvalue weighted by molar-refractivity contribution is 0.191. The van der Waals surface area contributed by atoms with E-state index in [-0.39, 0.29) is 5.41 Å². The number of ether oxygens (including phenoxy) is 2. The van der Waals surface area contributed by atoms with Gasteiger partial charge >= 0.3 is 0 Å². The van der Waals surface area contributed by atoms with Gasteiger partial charge in [0.1, 0.15) is 5.75 Å². The van der Waals surface area contributed by atoms with Crippen molar-refractivity contribution < 1.29 is 9.47 Å². The highest BCUT2D eigenvalue weighted by molar-refractivity contribution is 9.10. The topological polar surface area (TPSA) is 30.5 Å². The molecule has 0 radical (unpaired) electrons. The fourth-order valence-electron chi connectivity index (χ4n) is 1.77. The van der Waals surface area contributed by atoms with E-state index in [0.717, 1.165) is 36.3 Å². The van der Waals surface area contributed by atoms with Gasteiger partial charge in [-0.25, -0.2) is 0 Å². The molecule has 0 spiro atoms. The number of benzene rings is 1. The number of halogens is 1. The minimum atomic E-state index is 0.0275. The van der Waals surface area contributed by atoms with Crippen LogP contribution in [0, 0.1) is 5.41 Å². The summed E-state index contributed by atoms with van der Waals surface area (Å²) in [5.74, 6) is 0.887. The molecule has 1 aromatic carbocycles. The van der Waals surface area contributed by atoms with Crippen molar-refractivity contribution in [1.29, 1.82) is 0 Å². The summed E-state index contributed by atoms with van der Waals surface area (Å²) in [4.78, 5) is 0. The van der Waals surface area contributed by atoms with Crippen LogP contribution in [0.3, 0.4) is 0 Å². The highest BCUT2D eigenvalue weighted by atomic mass is 79.9. The maximum absolute atomic E-state index is 5.78. The molecule has 112 valence electrons. The van der Waals surface area contributed by atoms with Gasteiger partial charge in [0.2, 0.25) is 0 Å². The molecule has 3 nitrogen and oxygen atoms in total. The number of hydrogen-bond acceptors (Lipinski definition) is 3. The van der Waals surface area contributed by atoms with Crippen molar-refractivity contribution in [2.75, 3.05) is 33.4 Å². The van der Waals surface area contributed by atoms with Crippen LogP contribution in [0.5, 0.6) is 5.75 Å². The normalized spacial score (nSPS) is 13.8. The molecule has 0 aliphatic heterocycles. The smallest absolute Gasteiger partial charge is 0.120 e. The molecule has 1 N–H and O–H groups in total. The van der Waals surface area contributed by atoms with Crippen molar-refractivity contribution in [1.82, 2.24) is 5.32 Å². The molecule has 0 aliphatic rings. The van der Waals surface area contributed by atoms with E-state index in [4.69, 9.17) is 9.47 Å². The second-order valence-corrected chi connectivity index (χ2v) is 6.00. The van der Waals surface area contributed by atoms with Gasteiger partial charge in [0.05, 0.1) is 13.2 Å². The van der Waals surface area contributed by atoms with Gasteiger partial charge < -0.3 is 14.8 Å². The SMILES string of the molecule is C=CC(C)(CCOc1cccc(Br)c1)CNCCOC. The summed E-state index contributed by atoms with van der Waals surface area (Å²) in [6, 6.07) is 7.90. The standard InChI is InChI=1S/C16H24BrNO2/c1-4-16(2,13-18-9-11-19-3)8-10-20-15-7-5-6-14(17)12-15/h4-7,12,18H,1,8-11,13H2,2-3H3. The van der Waals surface area contributed by atoms with Crippen LogP contribution in [0.1, 0.15) is 13.3 Å². The van der Waals surface area contributed by atoms with Crippen LogP contribution in [-0.4, -0.2) is 33.4 Å². The zero-order chi connectivity index (χ0) is 14.8. The van der Waals surface area contributed by atoms with Crippen LogP contribution in [0.15, 0.2) is 41.4 Å². The van der Waals surface area contributed by atoms with E-state index in [0.29, 0.717) is 6.61 Å². The first-order valence-electron chi connectivity index (χ1n) is 6.81. The van der Waals surface area contributed by atoms with Crippen molar-refractivity contribution in [3.8, 4) is 5.75 Å². The van der Waals surface area contributed by atoms with Crippen molar-refractivity contribution in [2.45, 2.75) is 13.3 Å². The number of hydrogen-bond donors (Lipinski definition) is 1. The number of rotatable bonds is 10. The lowest BCUT2D eigenvalue weighted by atomic mass is 9.87. The van der Waals surface area contributed by atoms with Crippen molar-refractivity contribution in [3.05, 3.63) is 41.4 Å². The summed E-state index contributed by atoms with van der Waals surface area (Å²) in [5, 5.41) is 3.38. The van der Waals surface area contributed by atoms with Gasteiger partial charge in [0.25, 0.3) is 0 Å². The largest absolute Gasteiger partial charge is 0.494 e. The Morgan fingerprint density at radius 1 is 1.40 bits per heavy atom. The zero-order valence-corrected chi connectivity index (χ0v) is 13.9. The Morgan fingerprint density at radius 3 is 2.85 bits per heavy atom. The van der Waals surface area contributed by atoms with Crippen molar-refractivity contribution >= 4 is 15.9 Å². The molecule has 0 saturated heterocycles. The van der Waals surface area contributed by atoms with E-state index in [1.165, 1.54) is 0 Å². The summed E-state index contributed by atoms with van der Waals surface area (Å²) >= 11 is 3.44. The second-order valence-electron chi connectivity index (χ2n) is 5.08. The summed E-state index contributed by atoms with van der Waals surface area (Å²) < 4.78 is 11.8. The Balaban J connectivity index is 2.34. The van der Waals surface area contributed by atoms with Gasteiger partial charge in [-0.05, 0) is 24.6 Å². The van der Waals surface area contributed by atoms with Crippen LogP contribution in [0.25, 0.3) is 0 Å². The van der Waals surface area contributed by atoms with E-state index in [1.54, 1.807) is 7.11 Å². The van der Waals surface area contributed by atoms with Gasteiger partial charge in [0.15, 0.2) is 0 Å². The Labute approximate surface area is 130 Å². The summed E-state index contributed by atoms with van der Waals surface area (Å²) in [6.07, 6.45) is 2.92. The summed E-state index contributed by atoms with van der Waals surface area (Å²) in [5.41, 5.74) is 0.0275. The van der Waals surface area contributed by atoms with Crippen LogP contribution < -0.4 is 10.1 Å². The maximum atomic E-state index is 5.78. The third-order valence-electron chi connectivity index (χ3n) is 3.24. The average Bonchev–Trinajstić information content (AvgIpc) is 2.44. The molecule has 20 heavy (non-hydrogen) atoms. The molecule has 0 saturated carbocycles. The van der Waals surface area contributed by atoms with Crippen LogP contribution in [0.4, 0.5) is 0 Å². The highest BCUT2D eigenvalue weighted by Crippen LogP contribution is 2.23. The van der Waals surface area contributed by atoms with E-state index in [9.17, 15) is 0 Å². The Bertz CT molecular complexity index is 411. The molecular formula is C16H24BrNO2. The number of nitrogens with one attached hydrogen (secondary N) is 1. The lowest BCUT2D eigenvalue weighted by Gasteiger charge is -2.26. The Kier molecular flexibility index (Phi) is 7.88. The quantitative estimate of drug-likeness (QED) is 0.520. The molecule has 0 amide bonds. The predicted molar refractivity (Wildman–Crippen MR) is 87.3 cm³/mol. The molecule has 0 fully saturated rings. The monoisotopic (exact) mass is 341 g/mol. The first-order valence-corrected chi connectivity index (χ1v) is 7.60. The van der Waals surface area contributed by atoms with Gasteiger partial charge in [0, 0.05) is 30.1 Å². The molecule has 1 rings (SSSR count). The van der Waals surface area contributed by atoms with E-state index in [1.807, 2.05) is 30.3 Å². The molecular weight excluding hydrogens is 318 g/mol. The van der Waals surface area contributed by atoms with E-state index >= 15 is 0 Å². The first kappa shape index (κ1) is 17.2. The Morgan fingerprint density at radius 2 is 2.20 bits per heavy atom. The molecule has 1 unspecified atom stereocenters. The maximum Gasteiger partial charge on any atom is 0.120 e. The van der Waals surface area contributed by atoms with Crippen LogP contribution in [0.2, 0.25) is 0 Å².